The number of carbonyl (C=O) groups is 1. The van der Waals surface area contributed by atoms with Crippen LogP contribution in [0, 0.1) is 6.92 Å². The van der Waals surface area contributed by atoms with Gasteiger partial charge < -0.3 is 19.9 Å². The Hall–Kier alpha value is -3.82. The molecule has 3 aliphatic rings. The molecule has 2 aromatic carbocycles. The second-order valence-electron chi connectivity index (χ2n) is 9.81. The summed E-state index contributed by atoms with van der Waals surface area (Å²) in [6, 6.07) is 11.6. The van der Waals surface area contributed by atoms with E-state index >= 15 is 0 Å². The van der Waals surface area contributed by atoms with Crippen LogP contribution < -0.4 is 24.8 Å². The van der Waals surface area contributed by atoms with Gasteiger partial charge in [0.15, 0.2) is 0 Å². The van der Waals surface area contributed by atoms with Crippen LogP contribution in [0.25, 0.3) is 0 Å². The van der Waals surface area contributed by atoms with E-state index < -0.39 is 0 Å². The van der Waals surface area contributed by atoms with Gasteiger partial charge in [0.05, 0.1) is 22.9 Å². The van der Waals surface area contributed by atoms with Crippen molar-refractivity contribution in [3.8, 4) is 5.75 Å². The number of urea groups is 1. The van der Waals surface area contributed by atoms with Crippen molar-refractivity contribution < 1.29 is 9.53 Å². The predicted molar refractivity (Wildman–Crippen MR) is 151 cm³/mol. The fourth-order valence-electron chi connectivity index (χ4n) is 5.11. The zero-order valence-corrected chi connectivity index (χ0v) is 22.3. The number of fused-ring (bicyclic) bond motifs is 3. The Morgan fingerprint density at radius 1 is 1.05 bits per heavy atom. The van der Waals surface area contributed by atoms with E-state index in [0.717, 1.165) is 54.4 Å². The summed E-state index contributed by atoms with van der Waals surface area (Å²) in [5.41, 5.74) is 4.38. The monoisotopic (exact) mass is 531 g/mol. The number of aromatic nitrogens is 2. The van der Waals surface area contributed by atoms with Crippen LogP contribution in [0.4, 0.5) is 33.6 Å². The minimum Gasteiger partial charge on any atom is -0.487 e. The molecule has 1 aromatic heterocycles. The summed E-state index contributed by atoms with van der Waals surface area (Å²) in [4.78, 5) is 31.2. The second kappa shape index (κ2) is 10.2. The van der Waals surface area contributed by atoms with Gasteiger partial charge in [-0.2, -0.15) is 4.98 Å². The van der Waals surface area contributed by atoms with Crippen LogP contribution in [-0.2, 0) is 6.54 Å². The van der Waals surface area contributed by atoms with Crippen LogP contribution in [0.3, 0.4) is 0 Å². The van der Waals surface area contributed by atoms with E-state index in [1.807, 2.05) is 43.3 Å². The number of aryl methyl sites for hydroxylation is 1. The minimum absolute atomic E-state index is 0.184. The number of rotatable bonds is 2. The summed E-state index contributed by atoms with van der Waals surface area (Å²) >= 11 is 6.54. The van der Waals surface area contributed by atoms with Crippen molar-refractivity contribution in [2.75, 3.05) is 66.4 Å². The van der Waals surface area contributed by atoms with E-state index in [1.165, 1.54) is 0 Å². The highest BCUT2D eigenvalue weighted by Crippen LogP contribution is 2.37. The molecule has 0 aliphatic carbocycles. The molecule has 1 saturated heterocycles. The number of benzene rings is 2. The molecule has 1 N–H and O–H groups in total. The average molecular weight is 532 g/mol. The number of para-hydroxylation sites is 1. The number of hydrogen-bond acceptors (Lipinski definition) is 7. The largest absolute Gasteiger partial charge is 0.487 e. The lowest BCUT2D eigenvalue weighted by atomic mass is 10.1. The fourth-order valence-corrected chi connectivity index (χ4v) is 5.44. The van der Waals surface area contributed by atoms with Gasteiger partial charge in [-0.05, 0) is 43.8 Å². The SMILES string of the molecule is Cc1cccc(Cl)c1N1Cc2cnc3nc2N(C/C=C/COc2cc(ccc2N2CCN(C)CC2)N3)C1=O. The van der Waals surface area contributed by atoms with Crippen molar-refractivity contribution in [1.82, 2.24) is 14.9 Å². The molecule has 9 nitrogen and oxygen atoms in total. The summed E-state index contributed by atoms with van der Waals surface area (Å²) in [7, 11) is 2.15. The highest BCUT2D eigenvalue weighted by atomic mass is 35.5. The molecule has 0 atom stereocenters. The molecule has 6 rings (SSSR count). The van der Waals surface area contributed by atoms with E-state index in [1.54, 1.807) is 22.1 Å². The Bertz CT molecular complexity index is 1380. The van der Waals surface area contributed by atoms with Crippen LogP contribution in [0.2, 0.25) is 5.02 Å². The highest BCUT2D eigenvalue weighted by molar-refractivity contribution is 6.34. The molecule has 2 amide bonds. The number of carbonyl (C=O) groups excluding carboxylic acids is 1. The van der Waals surface area contributed by atoms with Gasteiger partial charge in [-0.1, -0.05) is 29.8 Å². The molecular weight excluding hydrogens is 502 g/mol. The molecule has 196 valence electrons. The standard InChI is InChI=1S/C28H30ClN7O2/c1-19-6-5-7-22(29)25(19)36-18-20-17-30-27-31-21-8-9-23(34-13-11-33(2)12-14-34)24(16-21)38-15-4-3-10-35(28(36)37)26(20)32-27/h3-9,16-17H,10-15,18H2,1-2H3,(H,30,31,32)/b4-3+. The van der Waals surface area contributed by atoms with Crippen LogP contribution in [0.5, 0.6) is 5.75 Å². The Labute approximate surface area is 227 Å². The summed E-state index contributed by atoms with van der Waals surface area (Å²) in [6.07, 6.45) is 5.67. The highest BCUT2D eigenvalue weighted by Gasteiger charge is 2.34. The first-order valence-corrected chi connectivity index (χ1v) is 13.2. The molecule has 10 heteroatoms. The normalized spacial score (nSPS) is 18.6. The van der Waals surface area contributed by atoms with E-state index in [9.17, 15) is 4.79 Å². The molecule has 0 saturated carbocycles. The number of likely N-dealkylation sites (N-methyl/N-ethyl adjacent to an activating group) is 1. The number of halogens is 1. The second-order valence-corrected chi connectivity index (χ2v) is 10.2. The number of hydrogen-bond donors (Lipinski definition) is 1. The molecule has 0 unspecified atom stereocenters. The van der Waals surface area contributed by atoms with Crippen molar-refractivity contribution >= 4 is 46.5 Å². The summed E-state index contributed by atoms with van der Waals surface area (Å²) < 4.78 is 6.23. The Morgan fingerprint density at radius 2 is 1.89 bits per heavy atom. The molecule has 0 spiro atoms. The van der Waals surface area contributed by atoms with Crippen LogP contribution >= 0.6 is 11.6 Å². The summed E-state index contributed by atoms with van der Waals surface area (Å²) in [6.45, 7) is 6.93. The molecule has 1 fully saturated rings. The third-order valence-corrected chi connectivity index (χ3v) is 7.50. The van der Waals surface area contributed by atoms with Gasteiger partial charge in [-0.15, -0.1) is 0 Å². The maximum absolute atomic E-state index is 13.8. The lowest BCUT2D eigenvalue weighted by Crippen LogP contribution is -2.48. The lowest BCUT2D eigenvalue weighted by molar-refractivity contribution is 0.250. The number of nitrogens with zero attached hydrogens (tertiary/aromatic N) is 6. The van der Waals surface area contributed by atoms with Crippen molar-refractivity contribution in [2.24, 2.45) is 0 Å². The number of anilines is 5. The smallest absolute Gasteiger partial charge is 0.330 e. The summed E-state index contributed by atoms with van der Waals surface area (Å²) in [5.74, 6) is 1.82. The zero-order valence-electron chi connectivity index (χ0n) is 21.5. The first kappa shape index (κ1) is 24.5. The van der Waals surface area contributed by atoms with Crippen LogP contribution in [-0.4, -0.2) is 67.3 Å². The predicted octanol–water partition coefficient (Wildman–Crippen LogP) is 4.83. The van der Waals surface area contributed by atoms with E-state index in [4.69, 9.17) is 21.3 Å². The Kier molecular flexibility index (Phi) is 6.55. The topological polar surface area (TPSA) is 77.1 Å². The molecule has 0 radical (unpaired) electrons. The van der Waals surface area contributed by atoms with Crippen molar-refractivity contribution in [1.29, 1.82) is 0 Å². The van der Waals surface area contributed by atoms with E-state index in [0.29, 0.717) is 42.2 Å². The van der Waals surface area contributed by atoms with Crippen LogP contribution in [0.1, 0.15) is 11.1 Å². The van der Waals surface area contributed by atoms with Crippen LogP contribution in [0.15, 0.2) is 54.7 Å². The molecular formula is C28H30ClN7O2. The first-order chi connectivity index (χ1) is 18.5. The Balaban J connectivity index is 1.34. The number of amides is 2. The Morgan fingerprint density at radius 3 is 2.71 bits per heavy atom. The lowest BCUT2D eigenvalue weighted by Gasteiger charge is -2.36. The quantitative estimate of drug-likeness (QED) is 0.475. The van der Waals surface area contributed by atoms with Gasteiger partial charge in [0, 0.05) is 56.2 Å². The maximum atomic E-state index is 13.8. The molecule has 4 bridgehead atoms. The third kappa shape index (κ3) is 4.63. The number of ether oxygens (including phenoxy) is 1. The van der Waals surface area contributed by atoms with Gasteiger partial charge in [0.1, 0.15) is 18.2 Å². The van der Waals surface area contributed by atoms with Gasteiger partial charge in [0.2, 0.25) is 5.95 Å². The average Bonchev–Trinajstić information content (AvgIpc) is 2.91. The van der Waals surface area contributed by atoms with Gasteiger partial charge in [-0.3, -0.25) is 9.80 Å². The maximum Gasteiger partial charge on any atom is 0.330 e. The van der Waals surface area contributed by atoms with Crippen molar-refractivity contribution in [2.45, 2.75) is 13.5 Å². The van der Waals surface area contributed by atoms with E-state index in [2.05, 4.69) is 33.2 Å². The minimum atomic E-state index is -0.184. The van der Waals surface area contributed by atoms with E-state index in [-0.39, 0.29) is 6.03 Å². The number of nitrogens with one attached hydrogen (secondary N) is 1. The third-order valence-electron chi connectivity index (χ3n) is 7.20. The molecule has 4 heterocycles. The summed E-state index contributed by atoms with van der Waals surface area (Å²) in [5, 5.41) is 3.84. The van der Waals surface area contributed by atoms with Crippen molar-refractivity contribution in [3.63, 3.8) is 0 Å². The van der Waals surface area contributed by atoms with Gasteiger partial charge in [0.25, 0.3) is 0 Å². The van der Waals surface area contributed by atoms with Crippen molar-refractivity contribution in [3.05, 3.63) is 70.9 Å². The fraction of sp³-hybridized carbons (Fsp3) is 0.321. The number of piperazine rings is 1. The molecule has 3 aromatic rings. The van der Waals surface area contributed by atoms with Gasteiger partial charge in [-0.25, -0.2) is 9.78 Å². The first-order valence-electron chi connectivity index (χ1n) is 12.8. The molecule has 38 heavy (non-hydrogen) atoms. The molecule has 3 aliphatic heterocycles. The van der Waals surface area contributed by atoms with Gasteiger partial charge >= 0.3 is 6.03 Å². The zero-order chi connectivity index (χ0) is 26.2.